The van der Waals surface area contributed by atoms with Crippen LogP contribution in [0.2, 0.25) is 0 Å². The minimum absolute atomic E-state index is 0.443. The normalized spacial score (nSPS) is 21.0. The van der Waals surface area contributed by atoms with Gasteiger partial charge in [-0.1, -0.05) is 25.1 Å². The summed E-state index contributed by atoms with van der Waals surface area (Å²) in [7, 11) is 0. The highest BCUT2D eigenvalue weighted by Crippen LogP contribution is 2.36. The molecule has 1 aromatic heterocycles. The SMILES string of the molecule is CCCNC(c1csc2ccccc12)C1CCOC1. The molecule has 1 aliphatic rings. The maximum absolute atomic E-state index is 5.59. The summed E-state index contributed by atoms with van der Waals surface area (Å²) in [5.41, 5.74) is 1.46. The minimum atomic E-state index is 0.443. The van der Waals surface area contributed by atoms with Crippen molar-refractivity contribution in [2.75, 3.05) is 19.8 Å². The van der Waals surface area contributed by atoms with E-state index in [-0.39, 0.29) is 0 Å². The van der Waals surface area contributed by atoms with Crippen molar-refractivity contribution in [1.82, 2.24) is 5.32 Å². The van der Waals surface area contributed by atoms with Crippen molar-refractivity contribution in [2.45, 2.75) is 25.8 Å². The van der Waals surface area contributed by atoms with Crippen LogP contribution in [0.1, 0.15) is 31.4 Å². The lowest BCUT2D eigenvalue weighted by Gasteiger charge is -2.23. The van der Waals surface area contributed by atoms with Crippen molar-refractivity contribution in [3.63, 3.8) is 0 Å². The molecule has 2 atom stereocenters. The zero-order valence-electron chi connectivity index (χ0n) is 11.4. The summed E-state index contributed by atoms with van der Waals surface area (Å²) < 4.78 is 6.98. The van der Waals surface area contributed by atoms with Gasteiger partial charge in [0.15, 0.2) is 0 Å². The summed E-state index contributed by atoms with van der Waals surface area (Å²) in [6, 6.07) is 9.16. The number of hydrogen-bond acceptors (Lipinski definition) is 3. The molecule has 0 saturated carbocycles. The predicted molar refractivity (Wildman–Crippen MR) is 81.8 cm³/mol. The summed E-state index contributed by atoms with van der Waals surface area (Å²) in [4.78, 5) is 0. The lowest BCUT2D eigenvalue weighted by Crippen LogP contribution is -2.29. The van der Waals surface area contributed by atoms with E-state index in [0.29, 0.717) is 12.0 Å². The maximum Gasteiger partial charge on any atom is 0.0513 e. The molecule has 1 aromatic carbocycles. The molecule has 2 nitrogen and oxygen atoms in total. The van der Waals surface area contributed by atoms with E-state index < -0.39 is 0 Å². The van der Waals surface area contributed by atoms with Gasteiger partial charge in [-0.3, -0.25) is 0 Å². The van der Waals surface area contributed by atoms with Crippen molar-refractivity contribution >= 4 is 21.4 Å². The first-order valence-corrected chi connectivity index (χ1v) is 8.05. The molecule has 1 saturated heterocycles. The van der Waals surface area contributed by atoms with Crippen molar-refractivity contribution < 1.29 is 4.74 Å². The Bertz CT molecular complexity index is 530. The number of hydrogen-bond donors (Lipinski definition) is 1. The highest BCUT2D eigenvalue weighted by molar-refractivity contribution is 7.17. The van der Waals surface area contributed by atoms with Gasteiger partial charge in [0.2, 0.25) is 0 Å². The third kappa shape index (κ3) is 2.69. The maximum atomic E-state index is 5.59. The van der Waals surface area contributed by atoms with Gasteiger partial charge in [-0.25, -0.2) is 0 Å². The molecular weight excluding hydrogens is 254 g/mol. The molecule has 0 amide bonds. The molecule has 3 rings (SSSR count). The fourth-order valence-corrected chi connectivity index (χ4v) is 3.88. The Morgan fingerprint density at radius 2 is 2.32 bits per heavy atom. The fourth-order valence-electron chi connectivity index (χ4n) is 2.89. The molecule has 0 aliphatic carbocycles. The van der Waals surface area contributed by atoms with E-state index in [4.69, 9.17) is 4.74 Å². The van der Waals surface area contributed by atoms with E-state index >= 15 is 0 Å². The standard InChI is InChI=1S/C16H21NOS/c1-2-8-17-16(12-7-9-18-10-12)14-11-19-15-6-4-3-5-13(14)15/h3-6,11-12,16-17H,2,7-10H2,1H3. The zero-order valence-corrected chi connectivity index (χ0v) is 12.2. The summed E-state index contributed by atoms with van der Waals surface area (Å²) in [6.45, 7) is 5.11. The van der Waals surface area contributed by atoms with Crippen molar-refractivity contribution in [2.24, 2.45) is 5.92 Å². The highest BCUT2D eigenvalue weighted by atomic mass is 32.1. The number of rotatable bonds is 5. The number of fused-ring (bicyclic) bond motifs is 1. The number of ether oxygens (including phenoxy) is 1. The van der Waals surface area contributed by atoms with Gasteiger partial charge in [0, 0.05) is 23.3 Å². The van der Waals surface area contributed by atoms with E-state index in [2.05, 4.69) is 41.9 Å². The zero-order chi connectivity index (χ0) is 13.1. The molecule has 0 radical (unpaired) electrons. The van der Waals surface area contributed by atoms with E-state index in [1.807, 2.05) is 11.3 Å². The van der Waals surface area contributed by atoms with Crippen LogP contribution in [0.3, 0.4) is 0 Å². The molecule has 3 heteroatoms. The van der Waals surface area contributed by atoms with Crippen LogP contribution in [0.5, 0.6) is 0 Å². The summed E-state index contributed by atoms with van der Waals surface area (Å²) in [6.07, 6.45) is 2.34. The number of benzene rings is 1. The average molecular weight is 275 g/mol. The molecule has 2 heterocycles. The minimum Gasteiger partial charge on any atom is -0.381 e. The summed E-state index contributed by atoms with van der Waals surface area (Å²) in [5.74, 6) is 0.615. The fraction of sp³-hybridized carbons (Fsp3) is 0.500. The van der Waals surface area contributed by atoms with Crippen molar-refractivity contribution in [1.29, 1.82) is 0 Å². The Kier molecular flexibility index (Phi) is 4.16. The second-order valence-electron chi connectivity index (χ2n) is 5.24. The van der Waals surface area contributed by atoms with Gasteiger partial charge < -0.3 is 10.1 Å². The smallest absolute Gasteiger partial charge is 0.0513 e. The molecule has 102 valence electrons. The predicted octanol–water partition coefficient (Wildman–Crippen LogP) is 3.98. The molecule has 1 fully saturated rings. The molecule has 0 bridgehead atoms. The third-order valence-electron chi connectivity index (χ3n) is 3.90. The number of nitrogens with one attached hydrogen (secondary N) is 1. The van der Waals surface area contributed by atoms with Crippen molar-refractivity contribution in [3.8, 4) is 0 Å². The summed E-state index contributed by atoms with van der Waals surface area (Å²) >= 11 is 1.85. The molecule has 2 unspecified atom stereocenters. The Hall–Kier alpha value is -0.900. The Morgan fingerprint density at radius 1 is 1.42 bits per heavy atom. The van der Waals surface area contributed by atoms with Gasteiger partial charge in [0.05, 0.1) is 6.61 Å². The van der Waals surface area contributed by atoms with Crippen LogP contribution in [0.25, 0.3) is 10.1 Å². The number of thiophene rings is 1. The Morgan fingerprint density at radius 3 is 3.11 bits per heavy atom. The molecule has 1 aliphatic heterocycles. The van der Waals surface area contributed by atoms with Gasteiger partial charge in [-0.05, 0) is 41.8 Å². The molecule has 19 heavy (non-hydrogen) atoms. The van der Waals surface area contributed by atoms with Gasteiger partial charge in [-0.2, -0.15) is 0 Å². The summed E-state index contributed by atoms with van der Waals surface area (Å²) in [5, 5.41) is 7.47. The second-order valence-corrected chi connectivity index (χ2v) is 6.15. The van der Waals surface area contributed by atoms with Crippen molar-refractivity contribution in [3.05, 3.63) is 35.2 Å². The lowest BCUT2D eigenvalue weighted by atomic mass is 9.92. The van der Waals surface area contributed by atoms with Gasteiger partial charge >= 0.3 is 0 Å². The van der Waals surface area contributed by atoms with Gasteiger partial charge in [0.1, 0.15) is 0 Å². The quantitative estimate of drug-likeness (QED) is 0.891. The van der Waals surface area contributed by atoms with Crippen LogP contribution in [0, 0.1) is 5.92 Å². The van der Waals surface area contributed by atoms with Crippen LogP contribution in [0.4, 0.5) is 0 Å². The monoisotopic (exact) mass is 275 g/mol. The van der Waals surface area contributed by atoms with Crippen LogP contribution in [-0.2, 0) is 4.74 Å². The average Bonchev–Trinajstić information content (AvgIpc) is 3.09. The molecule has 2 aromatic rings. The molecule has 1 N–H and O–H groups in total. The van der Waals surface area contributed by atoms with E-state index in [1.165, 1.54) is 28.5 Å². The largest absolute Gasteiger partial charge is 0.381 e. The molecular formula is C16H21NOS. The van der Waals surface area contributed by atoms with Crippen LogP contribution in [-0.4, -0.2) is 19.8 Å². The first kappa shape index (κ1) is 13.1. The van der Waals surface area contributed by atoms with E-state index in [9.17, 15) is 0 Å². The van der Waals surface area contributed by atoms with E-state index in [0.717, 1.165) is 19.8 Å². The molecule has 0 spiro atoms. The van der Waals surface area contributed by atoms with Crippen LogP contribution >= 0.6 is 11.3 Å². The lowest BCUT2D eigenvalue weighted by molar-refractivity contribution is 0.177. The first-order chi connectivity index (χ1) is 9.40. The van der Waals surface area contributed by atoms with Crippen LogP contribution < -0.4 is 5.32 Å². The second kappa shape index (κ2) is 6.04. The van der Waals surface area contributed by atoms with Gasteiger partial charge in [-0.15, -0.1) is 11.3 Å². The highest BCUT2D eigenvalue weighted by Gasteiger charge is 2.28. The topological polar surface area (TPSA) is 21.3 Å². The van der Waals surface area contributed by atoms with E-state index in [1.54, 1.807) is 0 Å². The van der Waals surface area contributed by atoms with Crippen LogP contribution in [0.15, 0.2) is 29.6 Å². The Labute approximate surface area is 118 Å². The van der Waals surface area contributed by atoms with Gasteiger partial charge in [0.25, 0.3) is 0 Å². The Balaban J connectivity index is 1.93. The third-order valence-corrected chi connectivity index (χ3v) is 4.88. The first-order valence-electron chi connectivity index (χ1n) is 7.17.